The van der Waals surface area contributed by atoms with E-state index in [-0.39, 0.29) is 17.6 Å². The first-order valence-corrected chi connectivity index (χ1v) is 13.4. The summed E-state index contributed by atoms with van der Waals surface area (Å²) in [6.45, 7) is 2.47. The van der Waals surface area contributed by atoms with E-state index in [1.165, 1.54) is 7.11 Å². The fourth-order valence-electron chi connectivity index (χ4n) is 4.91. The lowest BCUT2D eigenvalue weighted by molar-refractivity contribution is -0.120. The van der Waals surface area contributed by atoms with Crippen LogP contribution in [0.2, 0.25) is 5.02 Å². The average Bonchev–Trinajstić information content (AvgIpc) is 2.90. The van der Waals surface area contributed by atoms with Gasteiger partial charge in [0.1, 0.15) is 23.4 Å². The SMILES string of the molecule is COc1c(Cl)cccc1NC(=S)C1=C(NCc2ccncc2OCC2COCCO2)CC2(CCC2)NC1=O. The molecule has 2 aromatic rings. The minimum Gasteiger partial charge on any atom is -0.493 e. The van der Waals surface area contributed by atoms with Crippen LogP contribution in [-0.4, -0.2) is 61.1 Å². The summed E-state index contributed by atoms with van der Waals surface area (Å²) < 4.78 is 22.6. The molecule has 2 aliphatic heterocycles. The number of aromatic nitrogens is 1. The molecule has 0 bridgehead atoms. The number of pyridine rings is 1. The van der Waals surface area contributed by atoms with E-state index >= 15 is 0 Å². The van der Waals surface area contributed by atoms with E-state index in [9.17, 15) is 4.79 Å². The molecule has 1 atom stereocenters. The van der Waals surface area contributed by atoms with Gasteiger partial charge in [-0.2, -0.15) is 0 Å². The zero-order valence-electron chi connectivity index (χ0n) is 21.2. The van der Waals surface area contributed by atoms with Crippen LogP contribution in [0.3, 0.4) is 0 Å². The highest BCUT2D eigenvalue weighted by Gasteiger charge is 2.44. The molecule has 9 nitrogen and oxygen atoms in total. The number of thiocarbonyl (C=S) groups is 1. The molecule has 38 heavy (non-hydrogen) atoms. The number of ether oxygens (including phenoxy) is 4. The lowest BCUT2D eigenvalue weighted by Crippen LogP contribution is -2.58. The van der Waals surface area contributed by atoms with Gasteiger partial charge in [0.2, 0.25) is 0 Å². The van der Waals surface area contributed by atoms with Gasteiger partial charge in [0.15, 0.2) is 5.75 Å². The second-order valence-corrected chi connectivity index (χ2v) is 10.4. The van der Waals surface area contributed by atoms with E-state index in [1.54, 1.807) is 30.6 Å². The van der Waals surface area contributed by atoms with Crippen molar-refractivity contribution in [2.45, 2.75) is 43.9 Å². The molecule has 11 heteroatoms. The summed E-state index contributed by atoms with van der Waals surface area (Å²) >= 11 is 12.0. The Morgan fingerprint density at radius 3 is 2.92 bits per heavy atom. The largest absolute Gasteiger partial charge is 0.493 e. The molecule has 1 unspecified atom stereocenters. The second-order valence-electron chi connectivity index (χ2n) is 9.61. The Kier molecular flexibility index (Phi) is 8.32. The van der Waals surface area contributed by atoms with Crippen LogP contribution in [0.4, 0.5) is 5.69 Å². The number of carbonyl (C=O) groups excluding carboxylic acids is 1. The quantitative estimate of drug-likeness (QED) is 0.397. The number of carbonyl (C=O) groups is 1. The van der Waals surface area contributed by atoms with Crippen LogP contribution < -0.4 is 25.4 Å². The van der Waals surface area contributed by atoms with E-state index in [1.807, 2.05) is 6.07 Å². The van der Waals surface area contributed by atoms with Crippen LogP contribution in [0.1, 0.15) is 31.2 Å². The molecule has 3 heterocycles. The third-order valence-electron chi connectivity index (χ3n) is 7.05. The van der Waals surface area contributed by atoms with Crippen LogP contribution >= 0.6 is 23.8 Å². The number of rotatable bonds is 9. The van der Waals surface area contributed by atoms with Crippen molar-refractivity contribution in [3.63, 3.8) is 0 Å². The van der Waals surface area contributed by atoms with Crippen molar-refractivity contribution in [3.8, 4) is 11.5 Å². The van der Waals surface area contributed by atoms with Crippen molar-refractivity contribution in [3.05, 3.63) is 58.5 Å². The molecular formula is C27H31ClN4O5S. The lowest BCUT2D eigenvalue weighted by atomic mass is 9.71. The van der Waals surface area contributed by atoms with Gasteiger partial charge >= 0.3 is 0 Å². The first kappa shape index (κ1) is 26.7. The summed E-state index contributed by atoms with van der Waals surface area (Å²) in [5.74, 6) is 0.918. The van der Waals surface area contributed by atoms with Gasteiger partial charge in [0, 0.05) is 36.0 Å². The second kappa shape index (κ2) is 11.9. The van der Waals surface area contributed by atoms with Gasteiger partial charge in [-0.25, -0.2) is 0 Å². The van der Waals surface area contributed by atoms with Crippen LogP contribution in [-0.2, 0) is 20.8 Å². The highest BCUT2D eigenvalue weighted by Crippen LogP contribution is 2.41. The molecular weight excluding hydrogens is 528 g/mol. The zero-order valence-corrected chi connectivity index (χ0v) is 22.8. The van der Waals surface area contributed by atoms with Crippen LogP contribution in [0.5, 0.6) is 11.5 Å². The van der Waals surface area contributed by atoms with Crippen LogP contribution in [0.15, 0.2) is 47.9 Å². The van der Waals surface area contributed by atoms with E-state index in [4.69, 9.17) is 42.8 Å². The van der Waals surface area contributed by atoms with E-state index in [0.29, 0.717) is 72.2 Å². The molecule has 1 aromatic carbocycles. The van der Waals surface area contributed by atoms with Gasteiger partial charge in [-0.1, -0.05) is 29.9 Å². The van der Waals surface area contributed by atoms with E-state index < -0.39 is 0 Å². The molecule has 1 aliphatic carbocycles. The predicted octanol–water partition coefficient (Wildman–Crippen LogP) is 3.76. The summed E-state index contributed by atoms with van der Waals surface area (Å²) in [5, 5.41) is 10.3. The third kappa shape index (κ3) is 5.88. The van der Waals surface area contributed by atoms with Gasteiger partial charge in [-0.3, -0.25) is 9.78 Å². The number of anilines is 1. The number of para-hydroxylation sites is 1. The molecule has 1 saturated heterocycles. The van der Waals surface area contributed by atoms with Crippen molar-refractivity contribution < 1.29 is 23.7 Å². The Morgan fingerprint density at radius 2 is 2.18 bits per heavy atom. The number of halogens is 1. The minimum atomic E-state index is -0.234. The summed E-state index contributed by atoms with van der Waals surface area (Å²) in [7, 11) is 1.54. The van der Waals surface area contributed by atoms with Gasteiger partial charge in [-0.05, 0) is 37.5 Å². The van der Waals surface area contributed by atoms with Gasteiger partial charge < -0.3 is 34.9 Å². The fraction of sp³-hybridized carbons (Fsp3) is 0.444. The van der Waals surface area contributed by atoms with Gasteiger partial charge in [0.25, 0.3) is 5.91 Å². The molecule has 1 saturated carbocycles. The number of nitrogens with zero attached hydrogens (tertiary/aromatic N) is 1. The molecule has 1 spiro atoms. The van der Waals surface area contributed by atoms with Crippen molar-refractivity contribution >= 4 is 40.4 Å². The standard InChI is InChI=1S/C27H31ClN4O5S/c1-34-24-19(28)4-2-5-20(24)31-26(38)23-21(12-27(7-3-8-27)32-25(23)33)30-13-17-6-9-29-14-22(17)37-16-18-15-35-10-11-36-18/h2,4-6,9,14,18,30H,3,7-8,10-13,15-16H2,1H3,(H,31,38)(H,32,33). The number of methoxy groups -OCH3 is 1. The Morgan fingerprint density at radius 1 is 1.32 bits per heavy atom. The predicted molar refractivity (Wildman–Crippen MR) is 148 cm³/mol. The molecule has 3 N–H and O–H groups in total. The van der Waals surface area contributed by atoms with Crippen molar-refractivity contribution in [1.82, 2.24) is 15.6 Å². The van der Waals surface area contributed by atoms with Crippen LogP contribution in [0.25, 0.3) is 0 Å². The molecule has 202 valence electrons. The number of amides is 1. The van der Waals surface area contributed by atoms with Crippen molar-refractivity contribution in [2.75, 3.05) is 38.9 Å². The Balaban J connectivity index is 1.36. The monoisotopic (exact) mass is 558 g/mol. The number of hydrogen-bond donors (Lipinski definition) is 3. The first-order chi connectivity index (χ1) is 18.5. The van der Waals surface area contributed by atoms with Crippen LogP contribution in [0, 0.1) is 0 Å². The Hall–Kier alpha value is -2.92. The zero-order chi connectivity index (χ0) is 26.5. The van der Waals surface area contributed by atoms with E-state index in [2.05, 4.69) is 20.9 Å². The van der Waals surface area contributed by atoms with Gasteiger partial charge in [0.05, 0.1) is 49.4 Å². The Labute approximate surface area is 232 Å². The normalized spacial score (nSPS) is 20.4. The third-order valence-corrected chi connectivity index (χ3v) is 7.66. The maximum Gasteiger partial charge on any atom is 0.256 e. The number of hydrogen-bond acceptors (Lipinski definition) is 8. The summed E-state index contributed by atoms with van der Waals surface area (Å²) in [5.41, 5.74) is 2.46. The average molecular weight is 559 g/mol. The maximum absolute atomic E-state index is 13.4. The Bertz CT molecular complexity index is 1230. The summed E-state index contributed by atoms with van der Waals surface area (Å²) in [6, 6.07) is 7.23. The molecule has 2 fully saturated rings. The van der Waals surface area contributed by atoms with E-state index in [0.717, 1.165) is 30.5 Å². The molecule has 1 aromatic heterocycles. The summed E-state index contributed by atoms with van der Waals surface area (Å²) in [6.07, 6.45) is 6.91. The maximum atomic E-state index is 13.4. The highest BCUT2D eigenvalue weighted by molar-refractivity contribution is 7.81. The topological polar surface area (TPSA) is 103 Å². The van der Waals surface area contributed by atoms with Gasteiger partial charge in [-0.15, -0.1) is 0 Å². The van der Waals surface area contributed by atoms with Crippen molar-refractivity contribution in [2.24, 2.45) is 0 Å². The lowest BCUT2D eigenvalue weighted by Gasteiger charge is -2.46. The highest BCUT2D eigenvalue weighted by atomic mass is 35.5. The number of nitrogens with one attached hydrogen (secondary N) is 3. The molecule has 3 aliphatic rings. The fourth-order valence-corrected chi connectivity index (χ4v) is 5.49. The summed E-state index contributed by atoms with van der Waals surface area (Å²) in [4.78, 5) is 17.9. The molecule has 0 radical (unpaired) electrons. The number of benzene rings is 1. The minimum absolute atomic E-state index is 0.119. The molecule has 5 rings (SSSR count). The molecule has 1 amide bonds. The van der Waals surface area contributed by atoms with Crippen molar-refractivity contribution in [1.29, 1.82) is 0 Å². The first-order valence-electron chi connectivity index (χ1n) is 12.7. The smallest absolute Gasteiger partial charge is 0.256 e.